The number of benzene rings is 1. The molecule has 0 unspecified atom stereocenters. The number of anilines is 1. The van der Waals surface area contributed by atoms with Gasteiger partial charge in [-0.1, -0.05) is 24.3 Å². The molecule has 2 N–H and O–H groups in total. The lowest BCUT2D eigenvalue weighted by molar-refractivity contribution is -0.134. The zero-order valence-electron chi connectivity index (χ0n) is 9.79. The molecule has 0 saturated carbocycles. The van der Waals surface area contributed by atoms with E-state index >= 15 is 0 Å². The summed E-state index contributed by atoms with van der Waals surface area (Å²) in [6.07, 6.45) is 3.08. The minimum Gasteiger partial charge on any atom is -0.466 e. The van der Waals surface area contributed by atoms with E-state index in [1.165, 1.54) is 24.5 Å². The topological polar surface area (TPSA) is 65.2 Å². The molecule has 1 heterocycles. The number of esters is 1. The van der Waals surface area contributed by atoms with Crippen LogP contribution in [0.2, 0.25) is 0 Å². The Labute approximate surface area is 109 Å². The second-order valence-electron chi connectivity index (χ2n) is 3.55. The Morgan fingerprint density at radius 2 is 2.11 bits per heavy atom. The summed E-state index contributed by atoms with van der Waals surface area (Å²) in [4.78, 5) is 15.1. The number of nitrogens with zero attached hydrogens (tertiary/aromatic N) is 1. The predicted octanol–water partition coefficient (Wildman–Crippen LogP) is 2.58. The second-order valence-corrected chi connectivity index (χ2v) is 4.44. The number of ether oxygens (including phenoxy) is 1. The summed E-state index contributed by atoms with van der Waals surface area (Å²) >= 11 is 1.41. The number of nitrogen functional groups attached to an aromatic ring is 1. The summed E-state index contributed by atoms with van der Waals surface area (Å²) in [7, 11) is 1.35. The summed E-state index contributed by atoms with van der Waals surface area (Å²) in [6, 6.07) is 7.69. The Morgan fingerprint density at radius 3 is 2.67 bits per heavy atom. The van der Waals surface area contributed by atoms with Crippen molar-refractivity contribution in [1.29, 1.82) is 0 Å². The first kappa shape index (κ1) is 12.3. The van der Waals surface area contributed by atoms with Gasteiger partial charge in [-0.3, -0.25) is 0 Å². The monoisotopic (exact) mass is 260 g/mol. The molecule has 1 aromatic heterocycles. The minimum atomic E-state index is -0.369. The van der Waals surface area contributed by atoms with Crippen LogP contribution in [0.25, 0.3) is 17.3 Å². The summed E-state index contributed by atoms with van der Waals surface area (Å²) in [5, 5.41) is 2.47. The van der Waals surface area contributed by atoms with Gasteiger partial charge >= 0.3 is 5.97 Å². The minimum absolute atomic E-state index is 0.369. The van der Waals surface area contributed by atoms with Crippen LogP contribution in [-0.4, -0.2) is 18.1 Å². The fourth-order valence-electron chi connectivity index (χ4n) is 1.42. The van der Waals surface area contributed by atoms with Gasteiger partial charge in [0.2, 0.25) is 0 Å². The van der Waals surface area contributed by atoms with E-state index in [0.717, 1.165) is 16.8 Å². The Balaban J connectivity index is 2.15. The number of rotatable bonds is 3. The van der Waals surface area contributed by atoms with Gasteiger partial charge in [0.15, 0.2) is 5.13 Å². The van der Waals surface area contributed by atoms with E-state index in [0.29, 0.717) is 5.13 Å². The first-order valence-electron chi connectivity index (χ1n) is 5.26. The van der Waals surface area contributed by atoms with E-state index in [9.17, 15) is 4.79 Å². The van der Waals surface area contributed by atoms with Crippen molar-refractivity contribution in [1.82, 2.24) is 4.98 Å². The third kappa shape index (κ3) is 2.95. The first-order valence-corrected chi connectivity index (χ1v) is 6.14. The Kier molecular flexibility index (Phi) is 3.74. The molecule has 0 aliphatic heterocycles. The van der Waals surface area contributed by atoms with Gasteiger partial charge in [-0.25, -0.2) is 9.78 Å². The molecule has 1 aromatic carbocycles. The summed E-state index contributed by atoms with van der Waals surface area (Å²) in [5.41, 5.74) is 8.37. The predicted molar refractivity (Wildman–Crippen MR) is 73.0 cm³/mol. The number of methoxy groups -OCH3 is 1. The Morgan fingerprint density at radius 1 is 1.39 bits per heavy atom. The maximum Gasteiger partial charge on any atom is 0.330 e. The Hall–Kier alpha value is -2.14. The molecule has 2 aromatic rings. The second kappa shape index (κ2) is 5.46. The average Bonchev–Trinajstić information content (AvgIpc) is 2.83. The van der Waals surface area contributed by atoms with Gasteiger partial charge in [0.1, 0.15) is 0 Å². The third-order valence-corrected chi connectivity index (χ3v) is 3.02. The fourth-order valence-corrected chi connectivity index (χ4v) is 1.99. The highest BCUT2D eigenvalue weighted by Crippen LogP contribution is 2.23. The van der Waals surface area contributed by atoms with Gasteiger partial charge in [0.05, 0.1) is 12.8 Å². The summed E-state index contributed by atoms with van der Waals surface area (Å²) in [6.45, 7) is 0. The number of carbonyl (C=O) groups is 1. The summed E-state index contributed by atoms with van der Waals surface area (Å²) in [5.74, 6) is -0.369. The van der Waals surface area contributed by atoms with Crippen molar-refractivity contribution in [2.75, 3.05) is 12.8 Å². The van der Waals surface area contributed by atoms with Crippen LogP contribution in [0.1, 0.15) is 5.56 Å². The van der Waals surface area contributed by atoms with Crippen LogP contribution < -0.4 is 5.73 Å². The molecule has 0 radical (unpaired) electrons. The average molecular weight is 260 g/mol. The van der Waals surface area contributed by atoms with Gasteiger partial charge in [-0.15, -0.1) is 11.3 Å². The van der Waals surface area contributed by atoms with Crippen molar-refractivity contribution in [3.05, 3.63) is 41.3 Å². The third-order valence-electron chi connectivity index (χ3n) is 2.34. The number of hydrogen-bond acceptors (Lipinski definition) is 5. The van der Waals surface area contributed by atoms with Crippen LogP contribution in [0, 0.1) is 0 Å². The molecule has 0 aliphatic carbocycles. The highest BCUT2D eigenvalue weighted by atomic mass is 32.1. The van der Waals surface area contributed by atoms with E-state index in [1.807, 2.05) is 29.6 Å². The van der Waals surface area contributed by atoms with E-state index in [-0.39, 0.29) is 5.97 Å². The molecule has 0 aliphatic rings. The zero-order chi connectivity index (χ0) is 13.0. The molecule has 92 valence electrons. The molecule has 0 atom stereocenters. The highest BCUT2D eigenvalue weighted by Gasteiger charge is 2.01. The van der Waals surface area contributed by atoms with Gasteiger partial charge < -0.3 is 10.5 Å². The van der Waals surface area contributed by atoms with Crippen LogP contribution in [0.4, 0.5) is 5.13 Å². The number of thiazole rings is 1. The lowest BCUT2D eigenvalue weighted by atomic mass is 10.1. The first-order chi connectivity index (χ1) is 8.69. The van der Waals surface area contributed by atoms with E-state index in [1.54, 1.807) is 6.08 Å². The van der Waals surface area contributed by atoms with Gasteiger partial charge in [-0.05, 0) is 11.6 Å². The van der Waals surface area contributed by atoms with Crippen molar-refractivity contribution in [3.63, 3.8) is 0 Å². The number of nitrogens with two attached hydrogens (primary N) is 1. The molecule has 0 bridgehead atoms. The smallest absolute Gasteiger partial charge is 0.330 e. The molecule has 0 saturated heterocycles. The lowest BCUT2D eigenvalue weighted by Crippen LogP contribution is -1.93. The fraction of sp³-hybridized carbons (Fsp3) is 0.0769. The number of hydrogen-bond donors (Lipinski definition) is 1. The quantitative estimate of drug-likeness (QED) is 0.680. The van der Waals surface area contributed by atoms with E-state index in [4.69, 9.17) is 5.73 Å². The SMILES string of the molecule is COC(=O)C=Cc1ccc(-c2csc(N)n2)cc1. The van der Waals surface area contributed by atoms with Gasteiger partial charge in [0.25, 0.3) is 0 Å². The molecular formula is C13H12N2O2S. The van der Waals surface area contributed by atoms with Crippen LogP contribution in [0.3, 0.4) is 0 Å². The van der Waals surface area contributed by atoms with Crippen molar-refractivity contribution < 1.29 is 9.53 Å². The maximum absolute atomic E-state index is 10.9. The number of aromatic nitrogens is 1. The van der Waals surface area contributed by atoms with Gasteiger partial charge in [0, 0.05) is 17.0 Å². The zero-order valence-corrected chi connectivity index (χ0v) is 10.6. The largest absolute Gasteiger partial charge is 0.466 e. The normalized spacial score (nSPS) is 10.7. The van der Waals surface area contributed by atoms with Crippen molar-refractivity contribution >= 4 is 28.5 Å². The molecule has 4 nitrogen and oxygen atoms in total. The van der Waals surface area contributed by atoms with Crippen molar-refractivity contribution in [2.45, 2.75) is 0 Å². The van der Waals surface area contributed by atoms with Crippen LogP contribution in [-0.2, 0) is 9.53 Å². The molecule has 2 rings (SSSR count). The van der Waals surface area contributed by atoms with E-state index < -0.39 is 0 Å². The molecular weight excluding hydrogens is 248 g/mol. The summed E-state index contributed by atoms with van der Waals surface area (Å²) < 4.78 is 4.52. The van der Waals surface area contributed by atoms with Crippen LogP contribution in [0.5, 0.6) is 0 Å². The van der Waals surface area contributed by atoms with Crippen molar-refractivity contribution in [3.8, 4) is 11.3 Å². The van der Waals surface area contributed by atoms with Crippen LogP contribution in [0.15, 0.2) is 35.7 Å². The molecule has 0 amide bonds. The van der Waals surface area contributed by atoms with Gasteiger partial charge in [-0.2, -0.15) is 0 Å². The number of carbonyl (C=O) groups excluding carboxylic acids is 1. The highest BCUT2D eigenvalue weighted by molar-refractivity contribution is 7.13. The van der Waals surface area contributed by atoms with E-state index in [2.05, 4.69) is 9.72 Å². The molecule has 0 spiro atoms. The molecule has 18 heavy (non-hydrogen) atoms. The Bertz CT molecular complexity index is 573. The van der Waals surface area contributed by atoms with Crippen molar-refractivity contribution in [2.24, 2.45) is 0 Å². The molecule has 5 heteroatoms. The molecule has 0 fully saturated rings. The lowest BCUT2D eigenvalue weighted by Gasteiger charge is -1.98. The standard InChI is InChI=1S/C13H12N2O2S/c1-17-12(16)7-4-9-2-5-10(6-3-9)11-8-18-13(14)15-11/h2-8H,1H3,(H2,14,15). The van der Waals surface area contributed by atoms with Crippen LogP contribution >= 0.6 is 11.3 Å². The maximum atomic E-state index is 10.9.